The molecular formula is C12H17N5S2. The van der Waals surface area contributed by atoms with Gasteiger partial charge in [0, 0.05) is 31.9 Å². The minimum Gasteiger partial charge on any atom is -0.353 e. The van der Waals surface area contributed by atoms with Crippen LogP contribution < -0.4 is 10.2 Å². The van der Waals surface area contributed by atoms with Crippen molar-refractivity contribution in [1.82, 2.24) is 20.5 Å². The molecule has 7 heteroatoms. The number of nitrogens with one attached hydrogen (secondary N) is 1. The highest BCUT2D eigenvalue weighted by Gasteiger charge is 2.14. The van der Waals surface area contributed by atoms with Gasteiger partial charge >= 0.3 is 0 Å². The van der Waals surface area contributed by atoms with E-state index in [0.717, 1.165) is 14.5 Å². The fourth-order valence-corrected chi connectivity index (χ4v) is 3.33. The van der Waals surface area contributed by atoms with E-state index in [4.69, 9.17) is 0 Å². The van der Waals surface area contributed by atoms with Crippen molar-refractivity contribution in [3.05, 3.63) is 23.9 Å². The quantitative estimate of drug-likeness (QED) is 0.914. The van der Waals surface area contributed by atoms with Crippen molar-refractivity contribution in [2.24, 2.45) is 0 Å². The van der Waals surface area contributed by atoms with Crippen LogP contribution in [0.4, 0.5) is 5.13 Å². The van der Waals surface area contributed by atoms with Gasteiger partial charge in [0.25, 0.3) is 0 Å². The van der Waals surface area contributed by atoms with Gasteiger partial charge in [-0.05, 0) is 31.8 Å². The van der Waals surface area contributed by atoms with Crippen LogP contribution in [-0.2, 0) is 0 Å². The minimum absolute atomic E-state index is 0.262. The number of aromatic nitrogens is 3. The molecule has 2 aromatic heterocycles. The van der Waals surface area contributed by atoms with Crippen molar-refractivity contribution < 1.29 is 0 Å². The summed E-state index contributed by atoms with van der Waals surface area (Å²) in [6.45, 7) is 2.12. The summed E-state index contributed by atoms with van der Waals surface area (Å²) in [4.78, 5) is 6.40. The first-order valence-electron chi connectivity index (χ1n) is 5.92. The number of hydrogen-bond donors (Lipinski definition) is 1. The summed E-state index contributed by atoms with van der Waals surface area (Å²) in [6, 6.07) is 4.31. The molecule has 2 aromatic rings. The molecule has 2 heterocycles. The molecule has 0 aliphatic carbocycles. The summed E-state index contributed by atoms with van der Waals surface area (Å²) in [6.07, 6.45) is 1.81. The maximum Gasteiger partial charge on any atom is 0.208 e. The van der Waals surface area contributed by atoms with Gasteiger partial charge in [-0.15, -0.1) is 10.2 Å². The maximum absolute atomic E-state index is 4.45. The molecule has 0 saturated carbocycles. The molecule has 0 aliphatic heterocycles. The van der Waals surface area contributed by atoms with E-state index >= 15 is 0 Å². The summed E-state index contributed by atoms with van der Waals surface area (Å²) in [7, 11) is 5.87. The third kappa shape index (κ3) is 3.43. The monoisotopic (exact) mass is 295 g/mol. The van der Waals surface area contributed by atoms with E-state index in [1.54, 1.807) is 23.1 Å². The van der Waals surface area contributed by atoms with E-state index in [0.29, 0.717) is 0 Å². The Balaban J connectivity index is 2.22. The molecule has 0 spiro atoms. The molecule has 0 saturated heterocycles. The van der Waals surface area contributed by atoms with E-state index < -0.39 is 0 Å². The Hall–Kier alpha value is -1.18. The van der Waals surface area contributed by atoms with Crippen LogP contribution in [0.15, 0.2) is 27.7 Å². The van der Waals surface area contributed by atoms with Crippen molar-refractivity contribution in [2.75, 3.05) is 26.0 Å². The number of hydrogen-bond acceptors (Lipinski definition) is 7. The molecule has 1 unspecified atom stereocenters. The second-order valence-electron chi connectivity index (χ2n) is 4.26. The zero-order valence-corrected chi connectivity index (χ0v) is 13.0. The van der Waals surface area contributed by atoms with Crippen molar-refractivity contribution in [3.63, 3.8) is 0 Å². The van der Waals surface area contributed by atoms with Crippen LogP contribution in [0.5, 0.6) is 0 Å². The minimum atomic E-state index is 0.262. The molecule has 0 radical (unpaired) electrons. The van der Waals surface area contributed by atoms with Gasteiger partial charge in [0.1, 0.15) is 5.03 Å². The van der Waals surface area contributed by atoms with Crippen LogP contribution >= 0.6 is 23.1 Å². The third-order valence-corrected chi connectivity index (χ3v) is 4.84. The zero-order chi connectivity index (χ0) is 13.8. The molecule has 0 aliphatic rings. The molecule has 2 rings (SSSR count). The van der Waals surface area contributed by atoms with Gasteiger partial charge in [-0.1, -0.05) is 17.4 Å². The number of anilines is 1. The number of nitrogens with zero attached hydrogens (tertiary/aromatic N) is 4. The Bertz CT molecular complexity index is 540. The highest BCUT2D eigenvalue weighted by molar-refractivity contribution is 8.01. The van der Waals surface area contributed by atoms with Crippen LogP contribution in [0.2, 0.25) is 0 Å². The Morgan fingerprint density at radius 3 is 2.79 bits per heavy atom. The third-order valence-electron chi connectivity index (χ3n) is 2.66. The van der Waals surface area contributed by atoms with Crippen molar-refractivity contribution >= 4 is 28.2 Å². The van der Waals surface area contributed by atoms with Gasteiger partial charge in [-0.2, -0.15) is 0 Å². The zero-order valence-electron chi connectivity index (χ0n) is 11.4. The first-order valence-corrected chi connectivity index (χ1v) is 7.56. The van der Waals surface area contributed by atoms with Crippen LogP contribution in [-0.4, -0.2) is 36.3 Å². The lowest BCUT2D eigenvalue weighted by atomic mass is 10.1. The predicted molar refractivity (Wildman–Crippen MR) is 80.1 cm³/mol. The van der Waals surface area contributed by atoms with Crippen LogP contribution in [0, 0.1) is 0 Å². The molecule has 0 aromatic carbocycles. The molecule has 5 nitrogen and oxygen atoms in total. The van der Waals surface area contributed by atoms with E-state index in [1.165, 1.54) is 5.56 Å². The first kappa shape index (κ1) is 14.2. The van der Waals surface area contributed by atoms with Crippen LogP contribution in [0.3, 0.4) is 0 Å². The van der Waals surface area contributed by atoms with Crippen molar-refractivity contribution in [3.8, 4) is 0 Å². The molecule has 0 fully saturated rings. The number of rotatable bonds is 5. The fourth-order valence-electron chi connectivity index (χ4n) is 1.48. The maximum atomic E-state index is 4.45. The van der Waals surface area contributed by atoms with E-state index in [-0.39, 0.29) is 6.04 Å². The highest BCUT2D eigenvalue weighted by Crippen LogP contribution is 2.34. The van der Waals surface area contributed by atoms with Gasteiger partial charge in [0.2, 0.25) is 5.13 Å². The molecule has 1 atom stereocenters. The summed E-state index contributed by atoms with van der Waals surface area (Å²) in [5, 5.41) is 13.4. The Kier molecular flexibility index (Phi) is 4.73. The highest BCUT2D eigenvalue weighted by atomic mass is 32.2. The summed E-state index contributed by atoms with van der Waals surface area (Å²) >= 11 is 3.13. The molecular weight excluding hydrogens is 278 g/mol. The van der Waals surface area contributed by atoms with Gasteiger partial charge < -0.3 is 10.2 Å². The van der Waals surface area contributed by atoms with E-state index in [2.05, 4.69) is 33.5 Å². The van der Waals surface area contributed by atoms with Gasteiger partial charge in [0.15, 0.2) is 4.34 Å². The summed E-state index contributed by atoms with van der Waals surface area (Å²) in [5.74, 6) is 0. The lowest BCUT2D eigenvalue weighted by Gasteiger charge is -2.13. The van der Waals surface area contributed by atoms with Gasteiger partial charge in [-0.25, -0.2) is 4.98 Å². The fraction of sp³-hybridized carbons (Fsp3) is 0.417. The Morgan fingerprint density at radius 2 is 2.16 bits per heavy atom. The lowest BCUT2D eigenvalue weighted by molar-refractivity contribution is 0.634. The summed E-state index contributed by atoms with van der Waals surface area (Å²) in [5.41, 5.74) is 1.18. The Morgan fingerprint density at radius 1 is 1.37 bits per heavy atom. The van der Waals surface area contributed by atoms with Crippen LogP contribution in [0.1, 0.15) is 18.5 Å². The van der Waals surface area contributed by atoms with Gasteiger partial charge in [0.05, 0.1) is 0 Å². The smallest absolute Gasteiger partial charge is 0.208 e. The largest absolute Gasteiger partial charge is 0.353 e. The predicted octanol–water partition coefficient (Wildman–Crippen LogP) is 2.43. The first-order chi connectivity index (χ1) is 9.11. The normalized spacial score (nSPS) is 12.4. The molecule has 19 heavy (non-hydrogen) atoms. The SMILES string of the molecule is CNC(C)c1cccnc1Sc1nnc(N(C)C)s1. The molecule has 0 bridgehead atoms. The molecule has 102 valence electrons. The topological polar surface area (TPSA) is 53.9 Å². The van der Waals surface area contributed by atoms with Crippen LogP contribution in [0.25, 0.3) is 0 Å². The standard InChI is InChI=1S/C12H17N5S2/c1-8(13-2)9-6-5-7-14-10(9)18-12-16-15-11(19-12)17(3)4/h5-8,13H,1-4H3. The second kappa shape index (κ2) is 6.31. The van der Waals surface area contributed by atoms with Gasteiger partial charge in [-0.3, -0.25) is 0 Å². The second-order valence-corrected chi connectivity index (χ2v) is 6.45. The van der Waals surface area contributed by atoms with E-state index in [9.17, 15) is 0 Å². The summed E-state index contributed by atoms with van der Waals surface area (Å²) < 4.78 is 0.909. The van der Waals surface area contributed by atoms with Crippen molar-refractivity contribution in [1.29, 1.82) is 0 Å². The van der Waals surface area contributed by atoms with Crippen molar-refractivity contribution in [2.45, 2.75) is 22.3 Å². The Labute approximate surface area is 121 Å². The average molecular weight is 295 g/mol. The lowest BCUT2D eigenvalue weighted by Crippen LogP contribution is -2.13. The molecule has 0 amide bonds. The van der Waals surface area contributed by atoms with E-state index in [1.807, 2.05) is 38.3 Å². The molecule has 1 N–H and O–H groups in total. The average Bonchev–Trinajstić information content (AvgIpc) is 2.87. The number of pyridine rings is 1.